The fourth-order valence-electron chi connectivity index (χ4n) is 3.23. The van der Waals surface area contributed by atoms with Gasteiger partial charge in [0, 0.05) is 19.0 Å². The van der Waals surface area contributed by atoms with E-state index >= 15 is 0 Å². The van der Waals surface area contributed by atoms with Crippen LogP contribution in [0, 0.1) is 5.92 Å². The fourth-order valence-corrected chi connectivity index (χ4v) is 3.23. The number of methoxy groups -OCH3 is 1. The molecule has 7 nitrogen and oxygen atoms in total. The number of fused-ring (bicyclic) bond motifs is 3. The third kappa shape index (κ3) is 2.32. The van der Waals surface area contributed by atoms with E-state index in [1.807, 2.05) is 6.07 Å². The third-order valence-corrected chi connectivity index (χ3v) is 4.54. The number of hydrogen-bond donors (Lipinski definition) is 1. The van der Waals surface area contributed by atoms with Gasteiger partial charge in [0.05, 0.1) is 5.52 Å². The summed E-state index contributed by atoms with van der Waals surface area (Å²) in [4.78, 5) is 25.5. The fraction of sp³-hybridized carbons (Fsp3) is 0.412. The minimum absolute atomic E-state index is 0.0447. The number of amides is 1. The number of carbonyl (C=O) groups excluding carboxylic acids is 1. The van der Waals surface area contributed by atoms with Crippen LogP contribution in [0.2, 0.25) is 0 Å². The van der Waals surface area contributed by atoms with E-state index in [0.29, 0.717) is 23.9 Å². The molecule has 2 heterocycles. The molecule has 24 heavy (non-hydrogen) atoms. The number of carboxylic acids is 1. The minimum atomic E-state index is -0.970. The van der Waals surface area contributed by atoms with Gasteiger partial charge in [-0.05, 0) is 37.0 Å². The van der Waals surface area contributed by atoms with Crippen LogP contribution in [0.5, 0.6) is 5.75 Å². The summed E-state index contributed by atoms with van der Waals surface area (Å²) in [6, 6.07) is 5.27. The van der Waals surface area contributed by atoms with Crippen LogP contribution in [-0.4, -0.2) is 42.0 Å². The normalized spacial score (nSPS) is 17.0. The molecule has 4 rings (SSSR count). The maximum absolute atomic E-state index is 12.3. The lowest BCUT2D eigenvalue weighted by Crippen LogP contribution is -2.40. The molecular formula is C17H18N2O5. The minimum Gasteiger partial charge on any atom is -0.481 e. The van der Waals surface area contributed by atoms with Gasteiger partial charge < -0.3 is 19.1 Å². The first-order valence-corrected chi connectivity index (χ1v) is 7.91. The highest BCUT2D eigenvalue weighted by Crippen LogP contribution is 2.42. The molecular weight excluding hydrogens is 312 g/mol. The van der Waals surface area contributed by atoms with Gasteiger partial charge in [0.1, 0.15) is 23.9 Å². The summed E-state index contributed by atoms with van der Waals surface area (Å²) in [5.41, 5.74) is 1.56. The molecule has 0 saturated heterocycles. The average molecular weight is 330 g/mol. The first-order valence-electron chi connectivity index (χ1n) is 7.91. The van der Waals surface area contributed by atoms with E-state index in [-0.39, 0.29) is 24.9 Å². The SMILES string of the molecule is COCN1C(=O)COc2ccc3cc(C(=O)O)n(CC4CC4)c3c21. The molecule has 0 atom stereocenters. The zero-order valence-electron chi connectivity index (χ0n) is 13.3. The molecule has 1 aromatic carbocycles. The van der Waals surface area contributed by atoms with Gasteiger partial charge in [-0.3, -0.25) is 9.69 Å². The van der Waals surface area contributed by atoms with Crippen LogP contribution in [0.4, 0.5) is 5.69 Å². The molecule has 7 heteroatoms. The molecule has 0 spiro atoms. The standard InChI is InChI=1S/C17H18N2O5/c1-23-9-19-14(20)8-24-13-5-4-11-6-12(17(21)22)18(7-10-2-3-10)15(11)16(13)19/h4-6,10H,2-3,7-9H2,1H3,(H,21,22). The topological polar surface area (TPSA) is 81.0 Å². The lowest BCUT2D eigenvalue weighted by molar-refractivity contribution is -0.122. The highest BCUT2D eigenvalue weighted by Gasteiger charge is 2.32. The smallest absolute Gasteiger partial charge is 0.352 e. The zero-order valence-corrected chi connectivity index (χ0v) is 13.3. The Balaban J connectivity index is 1.98. The summed E-state index contributed by atoms with van der Waals surface area (Å²) in [5, 5.41) is 10.4. The van der Waals surface area contributed by atoms with E-state index in [2.05, 4.69) is 0 Å². The monoisotopic (exact) mass is 330 g/mol. The number of aromatic nitrogens is 1. The molecule has 1 N–H and O–H groups in total. The second kappa shape index (κ2) is 5.52. The summed E-state index contributed by atoms with van der Waals surface area (Å²) in [7, 11) is 1.52. The van der Waals surface area contributed by atoms with Crippen molar-refractivity contribution in [3.05, 3.63) is 23.9 Å². The molecule has 1 saturated carbocycles. The van der Waals surface area contributed by atoms with Gasteiger partial charge in [0.25, 0.3) is 5.91 Å². The maximum atomic E-state index is 12.3. The summed E-state index contributed by atoms with van der Waals surface area (Å²) in [6.45, 7) is 0.693. The maximum Gasteiger partial charge on any atom is 0.352 e. The quantitative estimate of drug-likeness (QED) is 0.908. The van der Waals surface area contributed by atoms with Crippen LogP contribution in [0.1, 0.15) is 23.3 Å². The van der Waals surface area contributed by atoms with E-state index in [1.165, 1.54) is 12.0 Å². The molecule has 2 aromatic rings. The molecule has 1 amide bonds. The second-order valence-electron chi connectivity index (χ2n) is 6.27. The highest BCUT2D eigenvalue weighted by molar-refractivity contribution is 6.09. The van der Waals surface area contributed by atoms with Crippen molar-refractivity contribution in [2.75, 3.05) is 25.3 Å². The van der Waals surface area contributed by atoms with E-state index in [0.717, 1.165) is 23.7 Å². The van der Waals surface area contributed by atoms with E-state index < -0.39 is 5.97 Å². The summed E-state index contributed by atoms with van der Waals surface area (Å²) >= 11 is 0. The molecule has 2 aliphatic rings. The van der Waals surface area contributed by atoms with Crippen molar-refractivity contribution in [1.29, 1.82) is 0 Å². The van der Waals surface area contributed by atoms with E-state index in [4.69, 9.17) is 9.47 Å². The summed E-state index contributed by atoms with van der Waals surface area (Å²) in [6.07, 6.45) is 2.20. The lowest BCUT2D eigenvalue weighted by Gasteiger charge is -2.30. The Morgan fingerprint density at radius 3 is 2.88 bits per heavy atom. The summed E-state index contributed by atoms with van der Waals surface area (Å²) in [5.74, 6) is -0.105. The molecule has 0 bridgehead atoms. The Morgan fingerprint density at radius 1 is 1.42 bits per heavy atom. The number of carboxylic acid groups (broad SMARTS) is 1. The van der Waals surface area contributed by atoms with Crippen molar-refractivity contribution in [2.24, 2.45) is 5.92 Å². The highest BCUT2D eigenvalue weighted by atomic mass is 16.5. The van der Waals surface area contributed by atoms with E-state index in [9.17, 15) is 14.7 Å². The number of carbonyl (C=O) groups is 2. The zero-order chi connectivity index (χ0) is 16.8. The van der Waals surface area contributed by atoms with Crippen molar-refractivity contribution in [2.45, 2.75) is 19.4 Å². The van der Waals surface area contributed by atoms with Crippen LogP contribution in [0.15, 0.2) is 18.2 Å². The number of benzene rings is 1. The Hall–Kier alpha value is -2.54. The van der Waals surface area contributed by atoms with Crippen molar-refractivity contribution in [1.82, 2.24) is 4.57 Å². The molecule has 1 aliphatic heterocycles. The predicted octanol–water partition coefficient (Wildman–Crippen LogP) is 2.08. The van der Waals surface area contributed by atoms with Gasteiger partial charge in [0.2, 0.25) is 0 Å². The largest absolute Gasteiger partial charge is 0.481 e. The van der Waals surface area contributed by atoms with Crippen LogP contribution in [0.3, 0.4) is 0 Å². The first kappa shape index (κ1) is 15.0. The van der Waals surface area contributed by atoms with Gasteiger partial charge in [-0.2, -0.15) is 0 Å². The number of hydrogen-bond acceptors (Lipinski definition) is 4. The van der Waals surface area contributed by atoms with Gasteiger partial charge in [-0.15, -0.1) is 0 Å². The van der Waals surface area contributed by atoms with Crippen LogP contribution in [0.25, 0.3) is 10.9 Å². The van der Waals surface area contributed by atoms with Crippen LogP contribution < -0.4 is 9.64 Å². The van der Waals surface area contributed by atoms with Crippen molar-refractivity contribution in [3.8, 4) is 5.75 Å². The first-order chi connectivity index (χ1) is 11.6. The Kier molecular flexibility index (Phi) is 3.45. The number of aromatic carboxylic acids is 1. The van der Waals surface area contributed by atoms with Crippen molar-refractivity contribution in [3.63, 3.8) is 0 Å². The molecule has 1 aliphatic carbocycles. The lowest BCUT2D eigenvalue weighted by atomic mass is 10.1. The van der Waals surface area contributed by atoms with Crippen LogP contribution >= 0.6 is 0 Å². The summed E-state index contributed by atoms with van der Waals surface area (Å²) < 4.78 is 12.5. The van der Waals surface area contributed by atoms with Gasteiger partial charge >= 0.3 is 5.97 Å². The molecule has 1 aromatic heterocycles. The van der Waals surface area contributed by atoms with Crippen molar-refractivity contribution < 1.29 is 24.2 Å². The third-order valence-electron chi connectivity index (χ3n) is 4.54. The number of ether oxygens (including phenoxy) is 2. The van der Waals surface area contributed by atoms with Gasteiger partial charge in [-0.1, -0.05) is 0 Å². The van der Waals surface area contributed by atoms with Crippen molar-refractivity contribution >= 4 is 28.5 Å². The van der Waals surface area contributed by atoms with E-state index in [1.54, 1.807) is 16.7 Å². The number of rotatable bonds is 5. The molecule has 0 unspecified atom stereocenters. The van der Waals surface area contributed by atoms with Gasteiger partial charge in [-0.25, -0.2) is 4.79 Å². The van der Waals surface area contributed by atoms with Gasteiger partial charge in [0.15, 0.2) is 6.61 Å². The Morgan fingerprint density at radius 2 is 2.21 bits per heavy atom. The Labute approximate surface area is 138 Å². The molecule has 0 radical (unpaired) electrons. The van der Waals surface area contributed by atoms with Crippen LogP contribution in [-0.2, 0) is 16.1 Å². The number of nitrogens with zero attached hydrogens (tertiary/aromatic N) is 2. The predicted molar refractivity (Wildman–Crippen MR) is 86.5 cm³/mol. The average Bonchev–Trinajstić information content (AvgIpc) is 3.29. The molecule has 1 fully saturated rings. The second-order valence-corrected chi connectivity index (χ2v) is 6.27. The number of anilines is 1. The molecule has 126 valence electrons. The Bertz CT molecular complexity index is 837.